The van der Waals surface area contributed by atoms with Crippen LogP contribution < -0.4 is 15.4 Å². The number of carbonyl (C=O) groups is 6. The third-order valence-corrected chi connectivity index (χ3v) is 10.8. The van der Waals surface area contributed by atoms with Gasteiger partial charge in [-0.05, 0) is 91.3 Å². The Bertz CT molecular complexity index is 2050. The first-order valence-electron chi connectivity index (χ1n) is 17.8. The molecule has 0 aliphatic heterocycles. The van der Waals surface area contributed by atoms with Gasteiger partial charge in [-0.1, -0.05) is 63.6 Å². The van der Waals surface area contributed by atoms with Gasteiger partial charge in [0.1, 0.15) is 6.04 Å². The summed E-state index contributed by atoms with van der Waals surface area (Å²) in [7, 11) is -4.23. The quantitative estimate of drug-likeness (QED) is 0.141. The van der Waals surface area contributed by atoms with E-state index >= 15 is 0 Å². The fourth-order valence-electron chi connectivity index (χ4n) is 6.11. The Kier molecular flexibility index (Phi) is 14.1. The van der Waals surface area contributed by atoms with Gasteiger partial charge >= 0.3 is 11.9 Å². The number of fused-ring (bicyclic) bond motifs is 1. The van der Waals surface area contributed by atoms with Gasteiger partial charge in [0.25, 0.3) is 21.8 Å². The largest absolute Gasteiger partial charge is 0.461 e. The number of hydrogen-bond donors (Lipinski definition) is 3. The number of sulfonamides is 1. The molecule has 56 heavy (non-hydrogen) atoms. The van der Waals surface area contributed by atoms with Crippen molar-refractivity contribution in [3.05, 3.63) is 100 Å². The van der Waals surface area contributed by atoms with Crippen LogP contribution in [-0.4, -0.2) is 85.9 Å². The molecule has 13 nitrogen and oxygen atoms in total. The first-order valence-corrected chi connectivity index (χ1v) is 19.6. The molecule has 0 unspecified atom stereocenters. The lowest BCUT2D eigenvalue weighted by molar-refractivity contribution is -0.178. The zero-order valence-corrected chi connectivity index (χ0v) is 32.9. The van der Waals surface area contributed by atoms with Crippen LogP contribution in [0, 0.1) is 11.8 Å². The summed E-state index contributed by atoms with van der Waals surface area (Å²) in [5, 5.41) is 5.29. The number of carbonyl (C=O) groups excluding carboxylic acids is 6. The minimum Gasteiger partial charge on any atom is -0.461 e. The maximum absolute atomic E-state index is 14.8. The van der Waals surface area contributed by atoms with Gasteiger partial charge in [-0.15, -0.1) is 0 Å². The molecule has 1 aliphatic carbocycles. The van der Waals surface area contributed by atoms with Crippen molar-refractivity contribution >= 4 is 57.0 Å². The molecule has 3 aromatic rings. The maximum Gasteiger partial charge on any atom is 0.401 e. The number of Topliss-reactive ketones (excluding diaryl/α,β-unsaturated/α-hetero) is 1. The number of benzene rings is 3. The van der Waals surface area contributed by atoms with E-state index in [1.54, 1.807) is 13.8 Å². The molecule has 17 heteroatoms. The van der Waals surface area contributed by atoms with Crippen molar-refractivity contribution in [3.63, 3.8) is 0 Å². The van der Waals surface area contributed by atoms with Gasteiger partial charge in [0.05, 0.1) is 24.1 Å². The van der Waals surface area contributed by atoms with E-state index < -0.39 is 94.4 Å². The summed E-state index contributed by atoms with van der Waals surface area (Å²) in [5.41, 5.74) is 1.80. The second kappa shape index (κ2) is 18.2. The predicted octanol–water partition coefficient (Wildman–Crippen LogP) is 4.12. The standard InChI is InChI=1S/C39H43ClF2N4O9S/c1-6-55-38(52)39(41,42)34(48)32(22(2)3)43-31(47)21-46(29-19-26-9-7-8-10-27(26)20-29)37(51)33(23(4)5)44-35(49)24-11-13-25(14-12-24)36(50)45-56(53,54)30-17-15-28(40)16-18-30/h7-18,22-23,29,32-33H,6,19-21H2,1-5H3,(H,43,47)(H,44,49)(H,45,50)/t32-,33-/m0/s1. The minimum atomic E-state index is -4.54. The molecule has 4 amide bonds. The molecule has 0 spiro atoms. The highest BCUT2D eigenvalue weighted by atomic mass is 35.5. The smallest absolute Gasteiger partial charge is 0.401 e. The minimum absolute atomic E-state index is 0.0268. The lowest BCUT2D eigenvalue weighted by atomic mass is 9.95. The Morgan fingerprint density at radius 2 is 1.32 bits per heavy atom. The summed E-state index contributed by atoms with van der Waals surface area (Å²) in [6.07, 6.45) is 0.692. The van der Waals surface area contributed by atoms with E-state index in [-0.39, 0.29) is 16.0 Å². The summed E-state index contributed by atoms with van der Waals surface area (Å²) in [6.45, 7) is 6.41. The molecule has 1 aliphatic rings. The number of ether oxygens (including phenoxy) is 1. The highest BCUT2D eigenvalue weighted by Crippen LogP contribution is 2.27. The van der Waals surface area contributed by atoms with Crippen LogP contribution >= 0.6 is 11.6 Å². The number of esters is 1. The number of nitrogens with zero attached hydrogens (tertiary/aromatic N) is 1. The number of alkyl halides is 2. The van der Waals surface area contributed by atoms with Crippen LogP contribution in [0.4, 0.5) is 8.78 Å². The fourth-order valence-corrected chi connectivity index (χ4v) is 7.21. The molecule has 4 rings (SSSR count). The number of rotatable bonds is 16. The molecule has 0 fully saturated rings. The highest BCUT2D eigenvalue weighted by Gasteiger charge is 2.52. The van der Waals surface area contributed by atoms with Crippen LogP contribution in [0.2, 0.25) is 5.02 Å². The Labute approximate surface area is 328 Å². The molecule has 0 saturated carbocycles. The van der Waals surface area contributed by atoms with Crippen LogP contribution in [0.5, 0.6) is 0 Å². The number of hydrogen-bond acceptors (Lipinski definition) is 9. The Morgan fingerprint density at radius 1 is 0.804 bits per heavy atom. The Balaban J connectivity index is 1.53. The lowest BCUT2D eigenvalue weighted by Gasteiger charge is -2.34. The van der Waals surface area contributed by atoms with E-state index in [0.29, 0.717) is 17.9 Å². The highest BCUT2D eigenvalue weighted by molar-refractivity contribution is 7.90. The van der Waals surface area contributed by atoms with Crippen LogP contribution in [0.25, 0.3) is 0 Å². The first kappa shape index (κ1) is 43.5. The van der Waals surface area contributed by atoms with Crippen molar-refractivity contribution < 1.29 is 50.7 Å². The summed E-state index contributed by atoms with van der Waals surface area (Å²) in [5.74, 6) is -13.1. The molecule has 0 heterocycles. The lowest BCUT2D eigenvalue weighted by Crippen LogP contribution is -2.59. The third kappa shape index (κ3) is 10.3. The summed E-state index contributed by atoms with van der Waals surface area (Å²) in [6, 6.07) is 14.0. The van der Waals surface area contributed by atoms with Gasteiger partial charge in [0, 0.05) is 22.2 Å². The number of halogens is 3. The third-order valence-electron chi connectivity index (χ3n) is 9.15. The van der Waals surface area contributed by atoms with Crippen LogP contribution in [0.15, 0.2) is 77.7 Å². The van der Waals surface area contributed by atoms with Gasteiger partial charge in [-0.25, -0.2) is 17.9 Å². The number of amides is 4. The molecule has 0 bridgehead atoms. The Morgan fingerprint density at radius 3 is 1.82 bits per heavy atom. The van der Waals surface area contributed by atoms with Crippen molar-refractivity contribution in [1.29, 1.82) is 0 Å². The zero-order chi connectivity index (χ0) is 41.5. The van der Waals surface area contributed by atoms with Crippen LogP contribution in [0.1, 0.15) is 66.5 Å². The van der Waals surface area contributed by atoms with Crippen LogP contribution in [0.3, 0.4) is 0 Å². The van der Waals surface area contributed by atoms with E-state index in [1.165, 1.54) is 74.2 Å². The Hall–Kier alpha value is -5.22. The van der Waals surface area contributed by atoms with Gasteiger partial charge in [0.15, 0.2) is 0 Å². The van der Waals surface area contributed by atoms with Crippen molar-refractivity contribution in [2.75, 3.05) is 13.2 Å². The van der Waals surface area contributed by atoms with Gasteiger partial charge in [-0.2, -0.15) is 8.78 Å². The molecule has 0 saturated heterocycles. The average molecular weight is 817 g/mol. The van der Waals surface area contributed by atoms with E-state index in [1.807, 2.05) is 29.0 Å². The van der Waals surface area contributed by atoms with E-state index in [9.17, 15) is 46.0 Å². The molecule has 0 radical (unpaired) electrons. The average Bonchev–Trinajstić information content (AvgIpc) is 3.58. The van der Waals surface area contributed by atoms with Crippen molar-refractivity contribution in [3.8, 4) is 0 Å². The SMILES string of the molecule is CCOC(=O)C(F)(F)C(=O)[C@@H](NC(=O)CN(C(=O)[C@@H](NC(=O)c1ccc(C(=O)NS(=O)(=O)c2ccc(Cl)cc2)cc1)C(C)C)C1Cc2ccccc2C1)C(C)C. The molecule has 300 valence electrons. The van der Waals surface area contributed by atoms with E-state index in [4.69, 9.17) is 11.6 Å². The fraction of sp³-hybridized carbons (Fsp3) is 0.385. The molecule has 3 aromatic carbocycles. The van der Waals surface area contributed by atoms with E-state index in [2.05, 4.69) is 15.4 Å². The number of nitrogens with one attached hydrogen (secondary N) is 3. The van der Waals surface area contributed by atoms with Crippen molar-refractivity contribution in [1.82, 2.24) is 20.3 Å². The molecule has 0 aromatic heterocycles. The van der Waals surface area contributed by atoms with Crippen molar-refractivity contribution in [2.45, 2.75) is 76.4 Å². The van der Waals surface area contributed by atoms with Crippen LogP contribution in [-0.2, 0) is 46.8 Å². The summed E-state index contributed by atoms with van der Waals surface area (Å²) >= 11 is 5.82. The van der Waals surface area contributed by atoms with Gasteiger partial charge in [0.2, 0.25) is 17.6 Å². The maximum atomic E-state index is 14.8. The van der Waals surface area contributed by atoms with Gasteiger partial charge < -0.3 is 20.3 Å². The van der Waals surface area contributed by atoms with E-state index in [0.717, 1.165) is 11.1 Å². The molecular formula is C39H43ClF2N4O9S. The molecule has 2 atom stereocenters. The molecule has 3 N–H and O–H groups in total. The topological polar surface area (TPSA) is 185 Å². The predicted molar refractivity (Wildman–Crippen MR) is 201 cm³/mol. The monoisotopic (exact) mass is 816 g/mol. The number of ketones is 1. The first-order chi connectivity index (χ1) is 26.3. The zero-order valence-electron chi connectivity index (χ0n) is 31.3. The normalized spacial score (nSPS) is 14.0. The second-order valence-electron chi connectivity index (χ2n) is 13.9. The summed E-state index contributed by atoms with van der Waals surface area (Å²) < 4.78 is 61.2. The van der Waals surface area contributed by atoms with Gasteiger partial charge in [-0.3, -0.25) is 24.0 Å². The second-order valence-corrected chi connectivity index (χ2v) is 16.0. The van der Waals surface area contributed by atoms with Crippen molar-refractivity contribution in [2.24, 2.45) is 11.8 Å². The summed E-state index contributed by atoms with van der Waals surface area (Å²) in [4.78, 5) is 80.1. The molecular weight excluding hydrogens is 774 g/mol.